The maximum Gasteiger partial charge on any atom is 0.223 e. The van der Waals surface area contributed by atoms with Gasteiger partial charge in [-0.3, -0.25) is 4.79 Å². The average molecular weight is 268 g/mol. The lowest BCUT2D eigenvalue weighted by molar-refractivity contribution is -0.125. The topological polar surface area (TPSA) is 41.1 Å². The molecule has 19 heavy (non-hydrogen) atoms. The van der Waals surface area contributed by atoms with E-state index in [1.807, 2.05) is 0 Å². The highest BCUT2D eigenvalue weighted by atomic mass is 16.1. The van der Waals surface area contributed by atoms with Crippen LogP contribution < -0.4 is 10.6 Å². The van der Waals surface area contributed by atoms with Gasteiger partial charge in [-0.1, -0.05) is 40.0 Å². The van der Waals surface area contributed by atoms with Gasteiger partial charge in [0.2, 0.25) is 5.91 Å². The Hall–Kier alpha value is -0.570. The van der Waals surface area contributed by atoms with Crippen LogP contribution in [-0.2, 0) is 4.79 Å². The first-order chi connectivity index (χ1) is 9.22. The first-order valence-corrected chi connectivity index (χ1v) is 8.23. The van der Waals surface area contributed by atoms with E-state index in [0.717, 1.165) is 38.3 Å². The summed E-state index contributed by atoms with van der Waals surface area (Å²) in [5.74, 6) is 1.20. The van der Waals surface area contributed by atoms with Crippen molar-refractivity contribution in [3.8, 4) is 0 Å². The van der Waals surface area contributed by atoms with E-state index in [4.69, 9.17) is 0 Å². The van der Waals surface area contributed by atoms with Gasteiger partial charge in [-0.05, 0) is 38.1 Å². The second-order valence-electron chi connectivity index (χ2n) is 5.86. The molecular weight excluding hydrogens is 236 g/mol. The molecule has 0 aromatic rings. The number of hydrogen-bond donors (Lipinski definition) is 2. The predicted octanol–water partition coefficient (Wildman–Crippen LogP) is 3.10. The summed E-state index contributed by atoms with van der Waals surface area (Å²) in [5, 5.41) is 6.74. The smallest absolute Gasteiger partial charge is 0.223 e. The molecule has 0 aromatic carbocycles. The third kappa shape index (κ3) is 5.52. The molecule has 0 spiro atoms. The van der Waals surface area contributed by atoms with Crippen LogP contribution in [0.4, 0.5) is 0 Å². The molecule has 2 N–H and O–H groups in total. The molecule has 0 aliphatic carbocycles. The SMILES string of the molecule is CCCCC(CC)C(=O)NCC1NCCCC1CC. The van der Waals surface area contributed by atoms with Crippen LogP contribution in [0, 0.1) is 11.8 Å². The number of piperidine rings is 1. The third-order valence-electron chi connectivity index (χ3n) is 4.52. The quantitative estimate of drug-likeness (QED) is 0.710. The van der Waals surface area contributed by atoms with Gasteiger partial charge >= 0.3 is 0 Å². The summed E-state index contributed by atoms with van der Waals surface area (Å²) in [4.78, 5) is 12.2. The van der Waals surface area contributed by atoms with Crippen LogP contribution in [0.3, 0.4) is 0 Å². The molecule has 1 heterocycles. The zero-order valence-electron chi connectivity index (χ0n) is 13.0. The van der Waals surface area contributed by atoms with Gasteiger partial charge in [0.1, 0.15) is 0 Å². The summed E-state index contributed by atoms with van der Waals surface area (Å²) in [6, 6.07) is 0.478. The molecule has 1 aliphatic heterocycles. The maximum absolute atomic E-state index is 12.2. The summed E-state index contributed by atoms with van der Waals surface area (Å²) in [5.41, 5.74) is 0. The maximum atomic E-state index is 12.2. The first kappa shape index (κ1) is 16.5. The number of amides is 1. The zero-order chi connectivity index (χ0) is 14.1. The van der Waals surface area contributed by atoms with Crippen molar-refractivity contribution < 1.29 is 4.79 Å². The van der Waals surface area contributed by atoms with Gasteiger partial charge in [0.15, 0.2) is 0 Å². The molecule has 1 saturated heterocycles. The van der Waals surface area contributed by atoms with E-state index in [0.29, 0.717) is 6.04 Å². The Kier molecular flexibility index (Phi) is 8.11. The standard InChI is InChI=1S/C16H32N2O/c1-4-7-9-14(6-3)16(19)18-12-15-13(5-2)10-8-11-17-15/h13-15,17H,4-12H2,1-3H3,(H,18,19). The van der Waals surface area contributed by atoms with Crippen molar-refractivity contribution in [2.45, 2.75) is 71.8 Å². The molecule has 1 aliphatic rings. The molecule has 1 amide bonds. The van der Waals surface area contributed by atoms with Gasteiger partial charge in [-0.15, -0.1) is 0 Å². The van der Waals surface area contributed by atoms with Crippen molar-refractivity contribution >= 4 is 5.91 Å². The Morgan fingerprint density at radius 2 is 2.16 bits per heavy atom. The summed E-state index contributed by atoms with van der Waals surface area (Å²) >= 11 is 0. The van der Waals surface area contributed by atoms with E-state index in [-0.39, 0.29) is 11.8 Å². The van der Waals surface area contributed by atoms with E-state index >= 15 is 0 Å². The Bertz CT molecular complexity index is 255. The lowest BCUT2D eigenvalue weighted by atomic mass is 9.88. The van der Waals surface area contributed by atoms with Crippen molar-refractivity contribution in [1.82, 2.24) is 10.6 Å². The van der Waals surface area contributed by atoms with Crippen LogP contribution >= 0.6 is 0 Å². The molecule has 0 bridgehead atoms. The van der Waals surface area contributed by atoms with Crippen LogP contribution in [0.15, 0.2) is 0 Å². The fraction of sp³-hybridized carbons (Fsp3) is 0.938. The lowest BCUT2D eigenvalue weighted by Gasteiger charge is -2.32. The highest BCUT2D eigenvalue weighted by molar-refractivity contribution is 5.78. The van der Waals surface area contributed by atoms with Crippen molar-refractivity contribution in [2.75, 3.05) is 13.1 Å². The van der Waals surface area contributed by atoms with Gasteiger partial charge in [0, 0.05) is 18.5 Å². The summed E-state index contributed by atoms with van der Waals surface area (Å²) in [6.45, 7) is 8.46. The van der Waals surface area contributed by atoms with Crippen LogP contribution in [0.25, 0.3) is 0 Å². The van der Waals surface area contributed by atoms with Crippen LogP contribution in [0.5, 0.6) is 0 Å². The number of hydrogen-bond acceptors (Lipinski definition) is 2. The van der Waals surface area contributed by atoms with E-state index in [9.17, 15) is 4.79 Å². The predicted molar refractivity (Wildman–Crippen MR) is 81.1 cm³/mol. The van der Waals surface area contributed by atoms with Gasteiger partial charge in [0.05, 0.1) is 0 Å². The van der Waals surface area contributed by atoms with Gasteiger partial charge in [0.25, 0.3) is 0 Å². The van der Waals surface area contributed by atoms with Crippen molar-refractivity contribution in [2.24, 2.45) is 11.8 Å². The largest absolute Gasteiger partial charge is 0.354 e. The van der Waals surface area contributed by atoms with Crippen LogP contribution in [0.1, 0.15) is 65.7 Å². The Morgan fingerprint density at radius 1 is 1.37 bits per heavy atom. The van der Waals surface area contributed by atoms with E-state index in [2.05, 4.69) is 31.4 Å². The van der Waals surface area contributed by atoms with E-state index < -0.39 is 0 Å². The molecule has 3 atom stereocenters. The minimum Gasteiger partial charge on any atom is -0.354 e. The number of carbonyl (C=O) groups excluding carboxylic acids is 1. The monoisotopic (exact) mass is 268 g/mol. The molecule has 3 heteroatoms. The summed E-state index contributed by atoms with van der Waals surface area (Å²) < 4.78 is 0. The third-order valence-corrected chi connectivity index (χ3v) is 4.52. The van der Waals surface area contributed by atoms with Crippen LogP contribution in [0.2, 0.25) is 0 Å². The molecule has 0 aromatic heterocycles. The highest BCUT2D eigenvalue weighted by Crippen LogP contribution is 2.19. The molecular formula is C16H32N2O. The lowest BCUT2D eigenvalue weighted by Crippen LogP contribution is -2.49. The normalized spacial score (nSPS) is 25.0. The van der Waals surface area contributed by atoms with E-state index in [1.54, 1.807) is 0 Å². The molecule has 0 radical (unpaired) electrons. The minimum atomic E-state index is 0.212. The number of unbranched alkanes of at least 4 members (excludes halogenated alkanes) is 1. The second-order valence-corrected chi connectivity index (χ2v) is 5.86. The first-order valence-electron chi connectivity index (χ1n) is 8.23. The summed E-state index contributed by atoms with van der Waals surface area (Å²) in [7, 11) is 0. The zero-order valence-corrected chi connectivity index (χ0v) is 13.0. The number of nitrogens with one attached hydrogen (secondary N) is 2. The van der Waals surface area contributed by atoms with Gasteiger partial charge < -0.3 is 10.6 Å². The van der Waals surface area contributed by atoms with Crippen molar-refractivity contribution in [1.29, 1.82) is 0 Å². The fourth-order valence-corrected chi connectivity index (χ4v) is 3.07. The average Bonchev–Trinajstić information content (AvgIpc) is 2.46. The van der Waals surface area contributed by atoms with E-state index in [1.165, 1.54) is 25.7 Å². The van der Waals surface area contributed by atoms with Gasteiger partial charge in [-0.25, -0.2) is 0 Å². The fourth-order valence-electron chi connectivity index (χ4n) is 3.07. The molecule has 1 fully saturated rings. The van der Waals surface area contributed by atoms with Crippen LogP contribution in [-0.4, -0.2) is 25.0 Å². The molecule has 112 valence electrons. The molecule has 0 saturated carbocycles. The molecule has 3 unspecified atom stereocenters. The Labute approximate surface area is 118 Å². The van der Waals surface area contributed by atoms with Crippen molar-refractivity contribution in [3.63, 3.8) is 0 Å². The molecule has 1 rings (SSSR count). The van der Waals surface area contributed by atoms with Crippen molar-refractivity contribution in [3.05, 3.63) is 0 Å². The minimum absolute atomic E-state index is 0.212. The molecule has 3 nitrogen and oxygen atoms in total. The Morgan fingerprint density at radius 3 is 2.79 bits per heavy atom. The number of carbonyl (C=O) groups is 1. The van der Waals surface area contributed by atoms with Gasteiger partial charge in [-0.2, -0.15) is 0 Å². The highest BCUT2D eigenvalue weighted by Gasteiger charge is 2.24. The Balaban J connectivity index is 2.34. The summed E-state index contributed by atoms with van der Waals surface area (Å²) in [6.07, 6.45) is 8.11. The number of rotatable bonds is 8. The second kappa shape index (κ2) is 9.35.